The van der Waals surface area contributed by atoms with Crippen molar-refractivity contribution in [2.45, 2.75) is 0 Å². The van der Waals surface area contributed by atoms with Crippen LogP contribution in [0.25, 0.3) is 0 Å². The van der Waals surface area contributed by atoms with E-state index in [1.54, 1.807) is 0 Å². The Morgan fingerprint density at radius 3 is 2.71 bits per heavy atom. The normalized spacial score (nSPS) is 10.2. The maximum Gasteiger partial charge on any atom is 0.312 e. The molecule has 0 unspecified atom stereocenters. The number of nitro benzene ring substituents is 1. The Kier molecular flexibility index (Phi) is 4.13. The number of nitro groups is 1. The molecule has 0 aliphatic heterocycles. The first-order chi connectivity index (χ1) is 9.88. The van der Waals surface area contributed by atoms with Crippen molar-refractivity contribution in [3.05, 3.63) is 56.4 Å². The monoisotopic (exact) mass is 354 g/mol. The van der Waals surface area contributed by atoms with Crippen molar-refractivity contribution in [2.75, 3.05) is 0 Å². The van der Waals surface area contributed by atoms with Gasteiger partial charge < -0.3 is 10.5 Å². The van der Waals surface area contributed by atoms with E-state index in [1.807, 2.05) is 0 Å². The number of hydrogen-bond acceptors (Lipinski definition) is 5. The molecule has 0 saturated heterocycles. The Morgan fingerprint density at radius 1 is 1.48 bits per heavy atom. The summed E-state index contributed by atoms with van der Waals surface area (Å²) in [6, 6.07) is 4.74. The van der Waals surface area contributed by atoms with Crippen LogP contribution in [0.5, 0.6) is 11.6 Å². The Hall–Kier alpha value is -2.55. The Balaban J connectivity index is 2.36. The number of nitrogens with zero attached hydrogens (tertiary/aromatic N) is 2. The minimum absolute atomic E-state index is 0.0184. The molecular formula is C12H8BrFN4O3. The quantitative estimate of drug-likeness (QED) is 0.379. The Labute approximate surface area is 126 Å². The lowest BCUT2D eigenvalue weighted by Crippen LogP contribution is -2.11. The highest BCUT2D eigenvalue weighted by molar-refractivity contribution is 9.10. The summed E-state index contributed by atoms with van der Waals surface area (Å²) in [6.45, 7) is 0. The molecule has 9 heteroatoms. The highest BCUT2D eigenvalue weighted by Gasteiger charge is 2.20. The van der Waals surface area contributed by atoms with E-state index in [4.69, 9.17) is 15.9 Å². The van der Waals surface area contributed by atoms with E-state index in [1.165, 1.54) is 18.3 Å². The van der Waals surface area contributed by atoms with Gasteiger partial charge in [-0.25, -0.2) is 9.37 Å². The third-order valence-electron chi connectivity index (χ3n) is 2.46. The Bertz CT molecular complexity index is 721. The molecule has 1 aromatic carbocycles. The molecule has 0 spiro atoms. The number of nitrogens with two attached hydrogens (primary N) is 1. The van der Waals surface area contributed by atoms with E-state index in [0.717, 1.165) is 12.1 Å². The molecular weight excluding hydrogens is 347 g/mol. The van der Waals surface area contributed by atoms with E-state index < -0.39 is 16.4 Å². The summed E-state index contributed by atoms with van der Waals surface area (Å²) in [5.74, 6) is -1.13. The van der Waals surface area contributed by atoms with Gasteiger partial charge in [0.2, 0.25) is 11.6 Å². The zero-order chi connectivity index (χ0) is 15.6. The number of nitrogens with one attached hydrogen (secondary N) is 1. The predicted molar refractivity (Wildman–Crippen MR) is 76.1 cm³/mol. The van der Waals surface area contributed by atoms with Gasteiger partial charge in [-0.3, -0.25) is 15.5 Å². The molecule has 2 rings (SSSR count). The summed E-state index contributed by atoms with van der Waals surface area (Å²) in [7, 11) is 0. The minimum atomic E-state index is -0.698. The first-order valence-electron chi connectivity index (χ1n) is 5.50. The van der Waals surface area contributed by atoms with Gasteiger partial charge in [-0.2, -0.15) is 0 Å². The van der Waals surface area contributed by atoms with Crippen molar-refractivity contribution in [3.63, 3.8) is 0 Å². The molecule has 2 aromatic rings. The van der Waals surface area contributed by atoms with Crippen LogP contribution in [0.15, 0.2) is 34.9 Å². The standard InChI is InChI=1S/C12H8BrFN4O3/c13-7-3-9(18(19)20)10(4-8(7)14)21-11-2-1-6(5-17-11)12(15)16/h1-5H,(H3,15,16). The zero-order valence-electron chi connectivity index (χ0n) is 10.3. The number of amidine groups is 1. The molecule has 1 heterocycles. The molecule has 1 aromatic heterocycles. The Morgan fingerprint density at radius 2 is 2.19 bits per heavy atom. The maximum atomic E-state index is 13.5. The first-order valence-corrected chi connectivity index (χ1v) is 6.29. The van der Waals surface area contributed by atoms with Crippen LogP contribution in [-0.2, 0) is 0 Å². The lowest BCUT2D eigenvalue weighted by Gasteiger charge is -2.07. The van der Waals surface area contributed by atoms with Crippen molar-refractivity contribution in [1.29, 1.82) is 5.41 Å². The van der Waals surface area contributed by atoms with Crippen molar-refractivity contribution < 1.29 is 14.1 Å². The fraction of sp³-hybridized carbons (Fsp3) is 0. The third-order valence-corrected chi connectivity index (χ3v) is 3.07. The number of hydrogen-bond donors (Lipinski definition) is 2. The third kappa shape index (κ3) is 3.31. The van der Waals surface area contributed by atoms with E-state index in [-0.39, 0.29) is 21.9 Å². The molecule has 0 saturated carbocycles. The summed E-state index contributed by atoms with van der Waals surface area (Å²) in [5.41, 5.74) is 5.25. The van der Waals surface area contributed by atoms with Crippen LogP contribution >= 0.6 is 15.9 Å². The molecule has 108 valence electrons. The van der Waals surface area contributed by atoms with E-state index in [9.17, 15) is 14.5 Å². The van der Waals surface area contributed by atoms with Gasteiger partial charge in [0.1, 0.15) is 11.7 Å². The summed E-state index contributed by atoms with van der Waals surface area (Å²) in [6.07, 6.45) is 1.28. The zero-order valence-corrected chi connectivity index (χ0v) is 11.9. The SMILES string of the molecule is N=C(N)c1ccc(Oc2cc(F)c(Br)cc2[N+](=O)[O-])nc1. The minimum Gasteiger partial charge on any atom is -0.432 e. The molecule has 3 N–H and O–H groups in total. The number of ether oxygens (including phenoxy) is 1. The summed E-state index contributed by atoms with van der Waals surface area (Å²) in [5, 5.41) is 18.2. The number of halogens is 2. The highest BCUT2D eigenvalue weighted by Crippen LogP contribution is 2.34. The molecule has 7 nitrogen and oxygen atoms in total. The van der Waals surface area contributed by atoms with Crippen LogP contribution in [-0.4, -0.2) is 15.7 Å². The average Bonchev–Trinajstić information content (AvgIpc) is 2.43. The average molecular weight is 355 g/mol. The summed E-state index contributed by atoms with van der Waals surface area (Å²) < 4.78 is 18.7. The van der Waals surface area contributed by atoms with Crippen LogP contribution in [0.4, 0.5) is 10.1 Å². The van der Waals surface area contributed by atoms with Gasteiger partial charge in [-0.1, -0.05) is 0 Å². The largest absolute Gasteiger partial charge is 0.432 e. The lowest BCUT2D eigenvalue weighted by atomic mass is 10.2. The van der Waals surface area contributed by atoms with Crippen molar-refractivity contribution >= 4 is 27.5 Å². The van der Waals surface area contributed by atoms with Crippen molar-refractivity contribution in [2.24, 2.45) is 5.73 Å². The molecule has 0 radical (unpaired) electrons. The maximum absolute atomic E-state index is 13.5. The molecule has 0 bridgehead atoms. The van der Waals surface area contributed by atoms with Gasteiger partial charge in [0.25, 0.3) is 0 Å². The van der Waals surface area contributed by atoms with Gasteiger partial charge in [-0.05, 0) is 22.0 Å². The smallest absolute Gasteiger partial charge is 0.312 e. The van der Waals surface area contributed by atoms with Crippen LogP contribution in [0, 0.1) is 21.3 Å². The van der Waals surface area contributed by atoms with Gasteiger partial charge in [0, 0.05) is 30.0 Å². The molecule has 0 aliphatic carbocycles. The van der Waals surface area contributed by atoms with Gasteiger partial charge >= 0.3 is 5.69 Å². The van der Waals surface area contributed by atoms with Gasteiger partial charge in [0.15, 0.2) is 0 Å². The van der Waals surface area contributed by atoms with Crippen LogP contribution in [0.3, 0.4) is 0 Å². The number of rotatable bonds is 4. The fourth-order valence-electron chi connectivity index (χ4n) is 1.46. The van der Waals surface area contributed by atoms with E-state index >= 15 is 0 Å². The van der Waals surface area contributed by atoms with Crippen molar-refractivity contribution in [1.82, 2.24) is 4.98 Å². The van der Waals surface area contributed by atoms with Gasteiger partial charge in [0.05, 0.1) is 9.40 Å². The summed E-state index contributed by atoms with van der Waals surface area (Å²) >= 11 is 2.87. The molecule has 21 heavy (non-hydrogen) atoms. The first kappa shape index (κ1) is 14.9. The van der Waals surface area contributed by atoms with Crippen LogP contribution in [0.1, 0.15) is 5.56 Å². The number of benzene rings is 1. The molecule has 0 atom stereocenters. The second-order valence-corrected chi connectivity index (χ2v) is 4.75. The molecule has 0 amide bonds. The van der Waals surface area contributed by atoms with Gasteiger partial charge in [-0.15, -0.1) is 0 Å². The van der Waals surface area contributed by atoms with Crippen LogP contribution in [0.2, 0.25) is 0 Å². The molecule has 0 fully saturated rings. The second kappa shape index (κ2) is 5.83. The van der Waals surface area contributed by atoms with E-state index in [2.05, 4.69) is 20.9 Å². The second-order valence-electron chi connectivity index (χ2n) is 3.89. The highest BCUT2D eigenvalue weighted by atomic mass is 79.9. The molecule has 0 aliphatic rings. The summed E-state index contributed by atoms with van der Waals surface area (Å²) in [4.78, 5) is 14.1. The topological polar surface area (TPSA) is 115 Å². The van der Waals surface area contributed by atoms with Crippen LogP contribution < -0.4 is 10.5 Å². The number of pyridine rings is 1. The van der Waals surface area contributed by atoms with E-state index in [0.29, 0.717) is 5.56 Å². The predicted octanol–water partition coefficient (Wildman–Crippen LogP) is 2.97. The fourth-order valence-corrected chi connectivity index (χ4v) is 1.79. The number of nitrogen functional groups attached to an aromatic ring is 1. The number of aromatic nitrogens is 1. The lowest BCUT2D eigenvalue weighted by molar-refractivity contribution is -0.385. The van der Waals surface area contributed by atoms with Crippen molar-refractivity contribution in [3.8, 4) is 11.6 Å².